The predicted octanol–water partition coefficient (Wildman–Crippen LogP) is 7.58. The fourth-order valence-corrected chi connectivity index (χ4v) is 5.94. The molecule has 0 saturated carbocycles. The molecule has 2 saturated heterocycles. The van der Waals surface area contributed by atoms with Crippen molar-refractivity contribution in [2.45, 2.75) is 37.6 Å². The first-order valence-corrected chi connectivity index (χ1v) is 14.9. The maximum Gasteiger partial charge on any atom is 0.326 e. The van der Waals surface area contributed by atoms with Crippen LogP contribution in [0.5, 0.6) is 11.5 Å². The van der Waals surface area contributed by atoms with Gasteiger partial charge in [0.15, 0.2) is 0 Å². The van der Waals surface area contributed by atoms with Crippen LogP contribution in [0.15, 0.2) is 140 Å². The number of cyclic esters (lactones) is 1. The van der Waals surface area contributed by atoms with Crippen molar-refractivity contribution < 1.29 is 23.7 Å². The number of fused-ring (bicyclic) bond motifs is 1. The van der Waals surface area contributed by atoms with E-state index in [4.69, 9.17) is 18.9 Å². The number of carbonyl (C=O) groups is 1. The molecule has 2 unspecified atom stereocenters. The van der Waals surface area contributed by atoms with Crippen molar-refractivity contribution in [2.75, 3.05) is 6.61 Å². The number of nitrogens with zero attached hydrogens (tertiary/aromatic N) is 1. The number of morpholine rings is 1. The van der Waals surface area contributed by atoms with E-state index >= 15 is 0 Å². The highest BCUT2D eigenvalue weighted by Gasteiger charge is 2.54. The smallest absolute Gasteiger partial charge is 0.326 e. The monoisotopic (exact) mass is 583 g/mol. The third-order valence-electron chi connectivity index (χ3n) is 8.19. The molecule has 2 aliphatic rings. The molecule has 6 nitrogen and oxygen atoms in total. The molecule has 2 fully saturated rings. The lowest BCUT2D eigenvalue weighted by Crippen LogP contribution is -2.49. The Morgan fingerprint density at radius 1 is 0.591 bits per heavy atom. The molecule has 0 bridgehead atoms. The third-order valence-corrected chi connectivity index (χ3v) is 8.19. The molecule has 4 atom stereocenters. The normalized spacial score (nSPS) is 21.3. The predicted molar refractivity (Wildman–Crippen MR) is 167 cm³/mol. The van der Waals surface area contributed by atoms with Crippen molar-refractivity contribution in [3.8, 4) is 11.5 Å². The molecule has 7 rings (SSSR count). The average Bonchev–Trinajstić information content (AvgIpc) is 3.50. The van der Waals surface area contributed by atoms with Gasteiger partial charge >= 0.3 is 5.97 Å². The van der Waals surface area contributed by atoms with E-state index in [1.54, 1.807) is 0 Å². The summed E-state index contributed by atoms with van der Waals surface area (Å²) in [6, 6.07) is 45.3. The fourth-order valence-electron chi connectivity index (χ4n) is 5.94. The highest BCUT2D eigenvalue weighted by molar-refractivity contribution is 5.78. The Morgan fingerprint density at radius 3 is 1.64 bits per heavy atom. The van der Waals surface area contributed by atoms with E-state index in [2.05, 4.69) is 17.0 Å². The van der Waals surface area contributed by atoms with Gasteiger partial charge in [-0.2, -0.15) is 0 Å². The Hall–Kier alpha value is -4.91. The van der Waals surface area contributed by atoms with Crippen LogP contribution in [0.1, 0.15) is 46.2 Å². The summed E-state index contributed by atoms with van der Waals surface area (Å²) in [5, 5.41) is 0. The van der Waals surface area contributed by atoms with Crippen molar-refractivity contribution in [3.63, 3.8) is 0 Å². The molecule has 0 aromatic heterocycles. The number of rotatable bonds is 9. The summed E-state index contributed by atoms with van der Waals surface area (Å²) in [6.45, 7) is 1.23. The van der Waals surface area contributed by atoms with Gasteiger partial charge < -0.3 is 18.9 Å². The molecule has 6 heteroatoms. The molecule has 44 heavy (non-hydrogen) atoms. The largest absolute Gasteiger partial charge is 0.489 e. The van der Waals surface area contributed by atoms with Crippen LogP contribution < -0.4 is 9.47 Å². The molecule has 2 heterocycles. The van der Waals surface area contributed by atoms with E-state index in [1.807, 2.05) is 127 Å². The minimum Gasteiger partial charge on any atom is -0.489 e. The van der Waals surface area contributed by atoms with Crippen LogP contribution in [0, 0.1) is 0 Å². The number of carbonyl (C=O) groups excluding carboxylic acids is 1. The van der Waals surface area contributed by atoms with Gasteiger partial charge in [0.25, 0.3) is 0 Å². The van der Waals surface area contributed by atoms with E-state index in [-0.39, 0.29) is 18.6 Å². The van der Waals surface area contributed by atoms with Crippen LogP contribution in [-0.2, 0) is 27.5 Å². The Labute approximate surface area is 257 Å². The van der Waals surface area contributed by atoms with Crippen LogP contribution in [0.2, 0.25) is 0 Å². The first-order chi connectivity index (χ1) is 21.7. The molecular formula is C38H33NO5. The van der Waals surface area contributed by atoms with Gasteiger partial charge in [0.1, 0.15) is 49.7 Å². The summed E-state index contributed by atoms with van der Waals surface area (Å²) < 4.78 is 24.6. The lowest BCUT2D eigenvalue weighted by molar-refractivity contribution is -0.163. The standard InChI is InChI=1S/C38H33NO5/c40-38-35-36(30-16-20-32(21-17-30)41-24-27-10-4-1-5-11-27)44-37(39(35)34(26-43-38)29-14-8-3-9-15-29)31-18-22-33(23-19-31)42-25-28-12-6-2-7-13-28/h1-23,34-37H,24-26H2/t34-,35?,36-,37?/m1/s1. The quantitative estimate of drug-likeness (QED) is 0.167. The van der Waals surface area contributed by atoms with Crippen molar-refractivity contribution in [1.29, 1.82) is 0 Å². The van der Waals surface area contributed by atoms with Gasteiger partial charge in [-0.1, -0.05) is 115 Å². The number of hydrogen-bond acceptors (Lipinski definition) is 6. The summed E-state index contributed by atoms with van der Waals surface area (Å²) >= 11 is 0. The molecule has 0 amide bonds. The Kier molecular flexibility index (Phi) is 8.09. The highest BCUT2D eigenvalue weighted by Crippen LogP contribution is 2.49. The van der Waals surface area contributed by atoms with Crippen molar-refractivity contribution in [1.82, 2.24) is 4.90 Å². The third kappa shape index (κ3) is 5.95. The van der Waals surface area contributed by atoms with Gasteiger partial charge in [-0.25, -0.2) is 4.90 Å². The maximum absolute atomic E-state index is 13.4. The maximum atomic E-state index is 13.4. The Bertz CT molecular complexity index is 1660. The van der Waals surface area contributed by atoms with Crippen LogP contribution in [0.4, 0.5) is 0 Å². The minimum absolute atomic E-state index is 0.156. The van der Waals surface area contributed by atoms with Gasteiger partial charge in [-0.05, 0) is 52.1 Å². The summed E-state index contributed by atoms with van der Waals surface area (Å²) in [5.41, 5.74) is 5.12. The van der Waals surface area contributed by atoms with Gasteiger partial charge in [-0.15, -0.1) is 0 Å². The topological polar surface area (TPSA) is 57.2 Å². The van der Waals surface area contributed by atoms with E-state index in [0.29, 0.717) is 13.2 Å². The van der Waals surface area contributed by atoms with Gasteiger partial charge in [-0.3, -0.25) is 4.79 Å². The second kappa shape index (κ2) is 12.8. The number of benzene rings is 5. The molecule has 0 N–H and O–H groups in total. The molecule has 0 radical (unpaired) electrons. The first kappa shape index (κ1) is 27.9. The van der Waals surface area contributed by atoms with Crippen molar-refractivity contribution in [2.24, 2.45) is 0 Å². The van der Waals surface area contributed by atoms with Crippen LogP contribution >= 0.6 is 0 Å². The Balaban J connectivity index is 1.15. The summed E-state index contributed by atoms with van der Waals surface area (Å²) in [6.07, 6.45) is -0.976. The molecule has 220 valence electrons. The van der Waals surface area contributed by atoms with Crippen molar-refractivity contribution in [3.05, 3.63) is 167 Å². The molecule has 0 spiro atoms. The van der Waals surface area contributed by atoms with Gasteiger partial charge in [0.2, 0.25) is 0 Å². The zero-order valence-corrected chi connectivity index (χ0v) is 24.2. The van der Waals surface area contributed by atoms with Crippen molar-refractivity contribution >= 4 is 5.97 Å². The van der Waals surface area contributed by atoms with Gasteiger partial charge in [0, 0.05) is 0 Å². The average molecular weight is 584 g/mol. The lowest BCUT2D eigenvalue weighted by Gasteiger charge is -2.39. The van der Waals surface area contributed by atoms with Crippen LogP contribution in [-0.4, -0.2) is 23.5 Å². The summed E-state index contributed by atoms with van der Waals surface area (Å²) in [7, 11) is 0. The molecule has 5 aromatic rings. The molecule has 2 aliphatic heterocycles. The Morgan fingerprint density at radius 2 is 1.09 bits per heavy atom. The minimum atomic E-state index is -0.607. The van der Waals surface area contributed by atoms with E-state index in [1.165, 1.54) is 0 Å². The van der Waals surface area contributed by atoms with E-state index in [0.717, 1.165) is 39.3 Å². The van der Waals surface area contributed by atoms with E-state index in [9.17, 15) is 4.79 Å². The second-order valence-electron chi connectivity index (χ2n) is 11.0. The number of esters is 1. The summed E-state index contributed by atoms with van der Waals surface area (Å²) in [4.78, 5) is 15.6. The number of hydrogen-bond donors (Lipinski definition) is 0. The second-order valence-corrected chi connectivity index (χ2v) is 11.0. The molecule has 0 aliphatic carbocycles. The summed E-state index contributed by atoms with van der Waals surface area (Å²) in [5.74, 6) is 1.24. The van der Waals surface area contributed by atoms with E-state index < -0.39 is 18.4 Å². The van der Waals surface area contributed by atoms with Crippen LogP contribution in [0.3, 0.4) is 0 Å². The zero-order valence-electron chi connectivity index (χ0n) is 24.2. The SMILES string of the molecule is O=C1OC[C@H](c2ccccc2)N2C(c3ccc(OCc4ccccc4)cc3)O[C@H](c3ccc(OCc4ccccc4)cc3)C12. The fraction of sp³-hybridized carbons (Fsp3) is 0.184. The first-order valence-electron chi connectivity index (χ1n) is 14.9. The molecular weight excluding hydrogens is 550 g/mol. The lowest BCUT2D eigenvalue weighted by atomic mass is 9.96. The van der Waals surface area contributed by atoms with Gasteiger partial charge in [0.05, 0.1) is 6.04 Å². The van der Waals surface area contributed by atoms with Crippen LogP contribution in [0.25, 0.3) is 0 Å². The number of ether oxygens (including phenoxy) is 4. The zero-order chi connectivity index (χ0) is 29.7. The molecule has 5 aromatic carbocycles. The highest BCUT2D eigenvalue weighted by atomic mass is 16.6.